The third-order valence-corrected chi connectivity index (χ3v) is 12.6. The number of anilines is 3. The van der Waals surface area contributed by atoms with Crippen LogP contribution in [0, 0.1) is 0 Å². The first-order valence-electron chi connectivity index (χ1n) is 19.6. The molecule has 272 valence electrons. The van der Waals surface area contributed by atoms with Gasteiger partial charge in [-0.25, -0.2) is 0 Å². The molecule has 0 saturated carbocycles. The molecule has 0 amide bonds. The predicted octanol–water partition coefficient (Wildman–Crippen LogP) is 16.3. The van der Waals surface area contributed by atoms with Crippen molar-refractivity contribution in [1.82, 2.24) is 0 Å². The number of nitrogens with zero attached hydrogens (tertiary/aromatic N) is 1. The Hall–Kier alpha value is -7.40. The van der Waals surface area contributed by atoms with Crippen molar-refractivity contribution in [3.8, 4) is 33.4 Å². The summed E-state index contributed by atoms with van der Waals surface area (Å²) in [5.74, 6) is 0. The lowest BCUT2D eigenvalue weighted by molar-refractivity contribution is 0.669. The van der Waals surface area contributed by atoms with Crippen LogP contribution in [0.1, 0.15) is 0 Å². The molecule has 0 spiro atoms. The highest BCUT2D eigenvalue weighted by atomic mass is 32.1. The fourth-order valence-corrected chi connectivity index (χ4v) is 9.93. The molecule has 0 unspecified atom stereocenters. The van der Waals surface area contributed by atoms with Gasteiger partial charge in [0.1, 0.15) is 22.3 Å². The summed E-state index contributed by atoms with van der Waals surface area (Å²) in [4.78, 5) is 2.36. The van der Waals surface area contributed by atoms with E-state index >= 15 is 0 Å². The van der Waals surface area contributed by atoms with Crippen molar-refractivity contribution in [3.05, 3.63) is 200 Å². The summed E-state index contributed by atoms with van der Waals surface area (Å²) in [6, 6.07) is 71.4. The monoisotopic (exact) mass is 759 g/mol. The number of para-hydroxylation sites is 2. The van der Waals surface area contributed by atoms with E-state index in [1.165, 1.54) is 48.0 Å². The van der Waals surface area contributed by atoms with Crippen LogP contribution >= 0.6 is 11.3 Å². The average Bonchev–Trinajstić information content (AvgIpc) is 3.99. The van der Waals surface area contributed by atoms with Gasteiger partial charge in [0.2, 0.25) is 0 Å². The van der Waals surface area contributed by atoms with E-state index in [4.69, 9.17) is 8.83 Å². The summed E-state index contributed by atoms with van der Waals surface area (Å²) in [7, 11) is 0. The highest BCUT2D eigenvalue weighted by Crippen LogP contribution is 2.47. The van der Waals surface area contributed by atoms with Crippen molar-refractivity contribution >= 4 is 92.4 Å². The molecule has 12 aromatic rings. The molecule has 0 N–H and O–H groups in total. The largest absolute Gasteiger partial charge is 0.456 e. The van der Waals surface area contributed by atoms with E-state index in [2.05, 4.69) is 187 Å². The molecule has 58 heavy (non-hydrogen) atoms. The zero-order valence-electron chi connectivity index (χ0n) is 31.2. The first-order chi connectivity index (χ1) is 28.7. The zero-order chi connectivity index (χ0) is 38.2. The van der Waals surface area contributed by atoms with Crippen LogP contribution in [-0.2, 0) is 0 Å². The van der Waals surface area contributed by atoms with E-state index in [1.54, 1.807) is 0 Å². The first kappa shape index (κ1) is 32.8. The molecule has 3 aromatic heterocycles. The number of hydrogen-bond acceptors (Lipinski definition) is 4. The Morgan fingerprint density at radius 1 is 0.345 bits per heavy atom. The van der Waals surface area contributed by atoms with Crippen molar-refractivity contribution in [2.75, 3.05) is 4.90 Å². The summed E-state index contributed by atoms with van der Waals surface area (Å²) in [5, 5.41) is 6.90. The number of rotatable bonds is 6. The fraction of sp³-hybridized carbons (Fsp3) is 0. The van der Waals surface area contributed by atoms with Crippen molar-refractivity contribution in [1.29, 1.82) is 0 Å². The Balaban J connectivity index is 1.00. The van der Waals surface area contributed by atoms with Gasteiger partial charge in [-0.3, -0.25) is 0 Å². The summed E-state index contributed by atoms with van der Waals surface area (Å²) in [6.45, 7) is 0. The number of hydrogen-bond donors (Lipinski definition) is 0. The van der Waals surface area contributed by atoms with Crippen LogP contribution in [0.5, 0.6) is 0 Å². The lowest BCUT2D eigenvalue weighted by atomic mass is 9.97. The second kappa shape index (κ2) is 13.1. The van der Waals surface area contributed by atoms with Gasteiger partial charge in [-0.15, -0.1) is 11.3 Å². The van der Waals surface area contributed by atoms with E-state index in [1.807, 2.05) is 29.5 Å². The highest BCUT2D eigenvalue weighted by Gasteiger charge is 2.21. The highest BCUT2D eigenvalue weighted by molar-refractivity contribution is 7.26. The zero-order valence-corrected chi connectivity index (χ0v) is 32.0. The number of thiophene rings is 1. The number of furan rings is 2. The summed E-state index contributed by atoms with van der Waals surface area (Å²) < 4.78 is 15.5. The first-order valence-corrected chi connectivity index (χ1v) is 20.4. The smallest absolute Gasteiger partial charge is 0.144 e. The molecule has 0 saturated heterocycles. The molecule has 9 aromatic carbocycles. The maximum Gasteiger partial charge on any atom is 0.144 e. The van der Waals surface area contributed by atoms with Crippen LogP contribution in [0.15, 0.2) is 209 Å². The molecule has 3 heterocycles. The molecule has 4 heteroatoms. The van der Waals surface area contributed by atoms with Gasteiger partial charge in [-0.2, -0.15) is 0 Å². The summed E-state index contributed by atoms with van der Waals surface area (Å²) >= 11 is 1.82. The van der Waals surface area contributed by atoms with E-state index in [0.29, 0.717) is 0 Å². The molecule has 0 aliphatic heterocycles. The molecule has 0 bridgehead atoms. The van der Waals surface area contributed by atoms with Crippen LogP contribution < -0.4 is 4.90 Å². The van der Waals surface area contributed by atoms with Crippen LogP contribution in [0.4, 0.5) is 17.1 Å². The van der Waals surface area contributed by atoms with Gasteiger partial charge in [-0.1, -0.05) is 127 Å². The Morgan fingerprint density at radius 2 is 0.931 bits per heavy atom. The van der Waals surface area contributed by atoms with Crippen molar-refractivity contribution in [2.24, 2.45) is 0 Å². The van der Waals surface area contributed by atoms with Gasteiger partial charge in [0.05, 0.1) is 11.1 Å². The predicted molar refractivity (Wildman–Crippen MR) is 245 cm³/mol. The van der Waals surface area contributed by atoms with E-state index in [-0.39, 0.29) is 0 Å². The second-order valence-electron chi connectivity index (χ2n) is 14.8. The topological polar surface area (TPSA) is 29.5 Å². The van der Waals surface area contributed by atoms with Crippen molar-refractivity contribution < 1.29 is 8.83 Å². The lowest BCUT2D eigenvalue weighted by Gasteiger charge is -2.26. The Kier molecular flexibility index (Phi) is 7.40. The Labute approximate surface area is 338 Å². The van der Waals surface area contributed by atoms with Gasteiger partial charge in [-0.05, 0) is 106 Å². The van der Waals surface area contributed by atoms with Crippen molar-refractivity contribution in [2.45, 2.75) is 0 Å². The fourth-order valence-electron chi connectivity index (χ4n) is 8.80. The van der Waals surface area contributed by atoms with E-state index < -0.39 is 0 Å². The summed E-state index contributed by atoms with van der Waals surface area (Å²) in [5.41, 5.74) is 13.9. The van der Waals surface area contributed by atoms with Crippen LogP contribution in [-0.4, -0.2) is 0 Å². The van der Waals surface area contributed by atoms with E-state index in [9.17, 15) is 0 Å². The van der Waals surface area contributed by atoms with Crippen LogP contribution in [0.25, 0.3) is 97.4 Å². The molecule has 0 aliphatic carbocycles. The van der Waals surface area contributed by atoms with Gasteiger partial charge >= 0.3 is 0 Å². The third-order valence-electron chi connectivity index (χ3n) is 11.5. The molecule has 3 nitrogen and oxygen atoms in total. The van der Waals surface area contributed by atoms with Crippen LogP contribution in [0.3, 0.4) is 0 Å². The van der Waals surface area contributed by atoms with Gasteiger partial charge in [0.15, 0.2) is 0 Å². The van der Waals surface area contributed by atoms with Gasteiger partial charge < -0.3 is 13.7 Å². The number of benzene rings is 9. The standard InChI is InChI=1S/C54H33NO2S/c1-2-11-34(12-3-1)37-13-8-14-38(33-37)35-23-27-39(28-24-35)55(45-18-10-21-48-51(45)44-16-5-7-20-47(44)56-48)40-29-25-36(26-30-40)41-17-9-22-49-52(41)53-50(58-49)32-31-43-42-15-4-6-19-46(42)57-54(43)53/h1-33H. The minimum absolute atomic E-state index is 0.864. The third kappa shape index (κ3) is 5.19. The second-order valence-corrected chi connectivity index (χ2v) is 15.9. The SMILES string of the molecule is c1ccc(-c2cccc(-c3ccc(N(c4ccc(-c5cccc6sc7ccc8c9ccccc9oc8c7c56)cc4)c4cccc5oc6ccccc6c45)cc3)c2)cc1. The minimum Gasteiger partial charge on any atom is -0.456 e. The quantitative estimate of drug-likeness (QED) is 0.169. The molecular weight excluding hydrogens is 727 g/mol. The normalized spacial score (nSPS) is 11.8. The number of fused-ring (bicyclic) bond motifs is 10. The van der Waals surface area contributed by atoms with Gasteiger partial charge in [0, 0.05) is 47.7 Å². The van der Waals surface area contributed by atoms with E-state index in [0.717, 1.165) is 66.5 Å². The maximum atomic E-state index is 6.59. The molecule has 0 radical (unpaired) electrons. The van der Waals surface area contributed by atoms with Crippen LogP contribution in [0.2, 0.25) is 0 Å². The lowest BCUT2D eigenvalue weighted by Crippen LogP contribution is -2.10. The molecular formula is C54H33NO2S. The molecule has 0 aliphatic rings. The Bertz CT molecular complexity index is 3500. The van der Waals surface area contributed by atoms with Crippen molar-refractivity contribution in [3.63, 3.8) is 0 Å². The van der Waals surface area contributed by atoms with Gasteiger partial charge in [0.25, 0.3) is 0 Å². The Morgan fingerprint density at radius 3 is 1.71 bits per heavy atom. The molecule has 12 rings (SSSR count). The minimum atomic E-state index is 0.864. The molecule has 0 fully saturated rings. The molecule has 0 atom stereocenters. The average molecular weight is 760 g/mol. The maximum absolute atomic E-state index is 6.59. The summed E-state index contributed by atoms with van der Waals surface area (Å²) in [6.07, 6.45) is 0.